The summed E-state index contributed by atoms with van der Waals surface area (Å²) in [5, 5.41) is 6.94. The number of aromatic nitrogens is 3. The van der Waals surface area contributed by atoms with Gasteiger partial charge in [-0.25, -0.2) is 9.97 Å². The van der Waals surface area contributed by atoms with Crippen molar-refractivity contribution >= 4 is 54.5 Å². The smallest absolute Gasteiger partial charge is 0.160 e. The van der Waals surface area contributed by atoms with Gasteiger partial charge in [-0.05, 0) is 92.4 Å². The molecule has 0 radical (unpaired) electrons. The van der Waals surface area contributed by atoms with Crippen molar-refractivity contribution in [3.8, 4) is 84.1 Å². The molecule has 3 aromatic heterocycles. The van der Waals surface area contributed by atoms with Crippen LogP contribution in [0.4, 0.5) is 0 Å². The highest BCUT2D eigenvalue weighted by atomic mass is 16.3. The molecule has 3 heterocycles. The summed E-state index contributed by atoms with van der Waals surface area (Å²) in [5.41, 5.74) is 19.2. The minimum atomic E-state index is 0.678. The minimum Gasteiger partial charge on any atom is -0.455 e. The number of hydrogen-bond acceptors (Lipinski definition) is 3. The van der Waals surface area contributed by atoms with E-state index in [1.807, 2.05) is 12.1 Å². The van der Waals surface area contributed by atoms with Crippen LogP contribution < -0.4 is 0 Å². The Bertz CT molecular complexity index is 4170. The van der Waals surface area contributed by atoms with Gasteiger partial charge in [-0.15, -0.1) is 0 Å². The van der Waals surface area contributed by atoms with Crippen LogP contribution in [0.5, 0.6) is 0 Å². The lowest BCUT2D eigenvalue weighted by molar-refractivity contribution is 0.673. The molecule has 0 aliphatic carbocycles. The molecule has 4 heteroatoms. The van der Waals surface area contributed by atoms with E-state index in [1.54, 1.807) is 0 Å². The highest BCUT2D eigenvalue weighted by Crippen LogP contribution is 2.44. The van der Waals surface area contributed by atoms with E-state index < -0.39 is 0 Å². The molecule has 0 saturated carbocycles. The van der Waals surface area contributed by atoms with Crippen molar-refractivity contribution in [3.63, 3.8) is 0 Å². The number of fused-ring (bicyclic) bond motifs is 8. The lowest BCUT2D eigenvalue weighted by atomic mass is 9.93. The molecule has 72 heavy (non-hydrogen) atoms. The van der Waals surface area contributed by atoms with Crippen molar-refractivity contribution in [3.05, 3.63) is 261 Å². The van der Waals surface area contributed by atoms with E-state index in [9.17, 15) is 0 Å². The fourth-order valence-corrected chi connectivity index (χ4v) is 10.7. The van der Waals surface area contributed by atoms with Crippen LogP contribution in [0.25, 0.3) is 139 Å². The van der Waals surface area contributed by atoms with Crippen molar-refractivity contribution in [1.29, 1.82) is 0 Å². The number of para-hydroxylation sites is 2. The van der Waals surface area contributed by atoms with Crippen LogP contribution in [0.1, 0.15) is 0 Å². The maximum Gasteiger partial charge on any atom is 0.160 e. The average Bonchev–Trinajstić information content (AvgIpc) is 4.02. The van der Waals surface area contributed by atoms with Gasteiger partial charge in [0, 0.05) is 49.3 Å². The first-order chi connectivity index (χ1) is 35.7. The summed E-state index contributed by atoms with van der Waals surface area (Å²) in [5.74, 6) is 0.678. The van der Waals surface area contributed by atoms with Gasteiger partial charge in [-0.2, -0.15) is 0 Å². The van der Waals surface area contributed by atoms with E-state index in [1.165, 1.54) is 38.5 Å². The first kappa shape index (κ1) is 41.3. The van der Waals surface area contributed by atoms with Crippen LogP contribution in [0.3, 0.4) is 0 Å². The number of rotatable bonds is 8. The third-order valence-electron chi connectivity index (χ3n) is 14.3. The van der Waals surface area contributed by atoms with Gasteiger partial charge < -0.3 is 8.98 Å². The van der Waals surface area contributed by atoms with Crippen LogP contribution in [0.15, 0.2) is 265 Å². The van der Waals surface area contributed by atoms with Crippen molar-refractivity contribution in [1.82, 2.24) is 14.5 Å². The van der Waals surface area contributed by atoms with Crippen LogP contribution in [-0.2, 0) is 0 Å². The summed E-state index contributed by atoms with van der Waals surface area (Å²) < 4.78 is 9.19. The quantitative estimate of drug-likeness (QED) is 0.153. The Labute approximate surface area is 416 Å². The Morgan fingerprint density at radius 3 is 1.32 bits per heavy atom. The summed E-state index contributed by atoms with van der Waals surface area (Å²) in [7, 11) is 0. The second-order valence-electron chi connectivity index (χ2n) is 18.5. The fourth-order valence-electron chi connectivity index (χ4n) is 10.7. The molecule has 11 aromatic carbocycles. The molecule has 14 aromatic rings. The molecule has 0 bridgehead atoms. The molecule has 0 saturated heterocycles. The standard InChI is InChI=1S/C68H43N3O/c1-3-14-44(15-4-1)46-26-32-50(33-27-46)61-43-62(70-68(69-61)52-36-28-47(29-37-52)45-16-5-2-6-17-45)51-34-30-48(31-35-51)54-22-13-25-65-66(54)60-42-59(55-18-7-8-21-58(55)67(60)72-65)49-38-40-53(41-39-49)71-63-23-11-9-19-56(63)57-20-10-12-24-64(57)71/h1-43H. The molecule has 0 fully saturated rings. The van der Waals surface area contributed by atoms with E-state index in [-0.39, 0.29) is 0 Å². The van der Waals surface area contributed by atoms with E-state index >= 15 is 0 Å². The zero-order chi connectivity index (χ0) is 47.5. The van der Waals surface area contributed by atoms with Crippen LogP contribution in [0, 0.1) is 0 Å². The van der Waals surface area contributed by atoms with E-state index in [4.69, 9.17) is 14.4 Å². The maximum atomic E-state index is 6.82. The number of hydrogen-bond donors (Lipinski definition) is 0. The molecular formula is C68H43N3O. The Kier molecular flexibility index (Phi) is 9.82. The number of benzene rings is 11. The van der Waals surface area contributed by atoms with Gasteiger partial charge in [-0.3, -0.25) is 0 Å². The predicted octanol–water partition coefficient (Wildman–Crippen LogP) is 18.3. The fraction of sp³-hybridized carbons (Fsp3) is 0. The monoisotopic (exact) mass is 917 g/mol. The Hall–Kier alpha value is -9.64. The molecule has 0 spiro atoms. The third-order valence-corrected chi connectivity index (χ3v) is 14.3. The van der Waals surface area contributed by atoms with E-state index in [0.717, 1.165) is 94.3 Å². The molecule has 0 unspecified atom stereocenters. The molecule has 336 valence electrons. The minimum absolute atomic E-state index is 0.678. The van der Waals surface area contributed by atoms with Gasteiger partial charge in [0.05, 0.1) is 22.4 Å². The largest absolute Gasteiger partial charge is 0.455 e. The molecule has 0 aliphatic rings. The number of furan rings is 1. The first-order valence-electron chi connectivity index (χ1n) is 24.5. The summed E-state index contributed by atoms with van der Waals surface area (Å²) in [6, 6.07) is 92.7. The molecule has 14 rings (SSSR count). The summed E-state index contributed by atoms with van der Waals surface area (Å²) in [6.07, 6.45) is 0. The Morgan fingerprint density at radius 2 is 0.736 bits per heavy atom. The van der Waals surface area contributed by atoms with Crippen molar-refractivity contribution < 1.29 is 4.42 Å². The van der Waals surface area contributed by atoms with Crippen molar-refractivity contribution in [2.45, 2.75) is 0 Å². The lowest BCUT2D eigenvalue weighted by Crippen LogP contribution is -1.96. The Balaban J connectivity index is 0.853. The normalized spacial score (nSPS) is 11.6. The highest BCUT2D eigenvalue weighted by Gasteiger charge is 2.20. The van der Waals surface area contributed by atoms with E-state index in [0.29, 0.717) is 5.82 Å². The van der Waals surface area contributed by atoms with Gasteiger partial charge in [0.25, 0.3) is 0 Å². The van der Waals surface area contributed by atoms with Crippen LogP contribution in [0.2, 0.25) is 0 Å². The molecule has 4 nitrogen and oxygen atoms in total. The summed E-state index contributed by atoms with van der Waals surface area (Å²) in [6.45, 7) is 0. The molecule has 0 amide bonds. The van der Waals surface area contributed by atoms with Crippen LogP contribution >= 0.6 is 0 Å². The van der Waals surface area contributed by atoms with Gasteiger partial charge in [0.1, 0.15) is 11.2 Å². The summed E-state index contributed by atoms with van der Waals surface area (Å²) in [4.78, 5) is 10.4. The predicted molar refractivity (Wildman–Crippen MR) is 299 cm³/mol. The zero-order valence-corrected chi connectivity index (χ0v) is 39.1. The molecule has 0 atom stereocenters. The van der Waals surface area contributed by atoms with Gasteiger partial charge in [0.2, 0.25) is 0 Å². The second kappa shape index (κ2) is 17.1. The topological polar surface area (TPSA) is 43.9 Å². The molecule has 0 aliphatic heterocycles. The highest BCUT2D eigenvalue weighted by molar-refractivity contribution is 6.22. The molecular weight excluding hydrogens is 875 g/mol. The second-order valence-corrected chi connectivity index (χ2v) is 18.5. The lowest BCUT2D eigenvalue weighted by Gasteiger charge is -2.12. The average molecular weight is 918 g/mol. The third kappa shape index (κ3) is 7.08. The first-order valence-corrected chi connectivity index (χ1v) is 24.5. The van der Waals surface area contributed by atoms with Crippen LogP contribution in [-0.4, -0.2) is 14.5 Å². The van der Waals surface area contributed by atoms with Gasteiger partial charge in [-0.1, -0.05) is 218 Å². The van der Waals surface area contributed by atoms with E-state index in [2.05, 4.69) is 253 Å². The summed E-state index contributed by atoms with van der Waals surface area (Å²) >= 11 is 0. The van der Waals surface area contributed by atoms with Gasteiger partial charge in [0.15, 0.2) is 5.82 Å². The number of nitrogens with zero attached hydrogens (tertiary/aromatic N) is 3. The van der Waals surface area contributed by atoms with Crippen molar-refractivity contribution in [2.75, 3.05) is 0 Å². The SMILES string of the molecule is c1ccc(-c2ccc(-c3cc(-c4ccc(-c5cccc6oc7c8ccccc8c(-c8ccc(-n9c%10ccccc%10c%10ccccc%109)cc8)cc7c56)cc4)nc(-c4ccc(-c5ccccc5)cc4)n3)cc2)cc1. The maximum absolute atomic E-state index is 6.82. The van der Waals surface area contributed by atoms with Gasteiger partial charge >= 0.3 is 0 Å². The molecule has 0 N–H and O–H groups in total. The zero-order valence-electron chi connectivity index (χ0n) is 39.1. The Morgan fingerprint density at radius 1 is 0.292 bits per heavy atom. The van der Waals surface area contributed by atoms with Crippen molar-refractivity contribution in [2.24, 2.45) is 0 Å².